The third kappa shape index (κ3) is 3.00. The molecule has 1 aromatic rings. The third-order valence-electron chi connectivity index (χ3n) is 3.44. The van der Waals surface area contributed by atoms with Gasteiger partial charge in [0, 0.05) is 17.9 Å². The zero-order valence-corrected chi connectivity index (χ0v) is 13.1. The molecule has 1 aromatic carbocycles. The van der Waals surface area contributed by atoms with Crippen LogP contribution in [-0.4, -0.2) is 32.4 Å². The van der Waals surface area contributed by atoms with Crippen LogP contribution < -0.4 is 0 Å². The van der Waals surface area contributed by atoms with Crippen molar-refractivity contribution in [3.05, 3.63) is 35.9 Å². The Labute approximate surface area is 115 Å². The molecular formula is C13H20O4S2. The lowest BCUT2D eigenvalue weighted by Crippen LogP contribution is -2.47. The van der Waals surface area contributed by atoms with Gasteiger partial charge in [0.25, 0.3) is 0 Å². The fourth-order valence-corrected chi connectivity index (χ4v) is 6.24. The topological polar surface area (TPSA) is 68.3 Å². The molecule has 108 valence electrons. The zero-order chi connectivity index (χ0) is 14.7. The van der Waals surface area contributed by atoms with Crippen molar-refractivity contribution in [2.45, 2.75) is 31.3 Å². The number of sulfone groups is 2. The predicted octanol–water partition coefficient (Wildman–Crippen LogP) is 1.81. The Morgan fingerprint density at radius 2 is 1.32 bits per heavy atom. The lowest BCUT2D eigenvalue weighted by atomic mass is 10.1. The molecule has 0 aliphatic rings. The average Bonchev–Trinajstić information content (AvgIpc) is 2.39. The predicted molar refractivity (Wildman–Crippen MR) is 77.5 cm³/mol. The van der Waals surface area contributed by atoms with Gasteiger partial charge in [0.15, 0.2) is 23.8 Å². The Bertz CT molecular complexity index is 582. The molecule has 0 fully saturated rings. The maximum Gasteiger partial charge on any atom is 0.174 e. The van der Waals surface area contributed by atoms with E-state index in [-0.39, 0.29) is 17.9 Å². The molecule has 0 spiro atoms. The van der Waals surface area contributed by atoms with Crippen LogP contribution in [0.4, 0.5) is 0 Å². The molecule has 0 saturated carbocycles. The van der Waals surface area contributed by atoms with Gasteiger partial charge in [-0.25, -0.2) is 16.8 Å². The first-order valence-electron chi connectivity index (χ1n) is 6.18. The third-order valence-corrected chi connectivity index (χ3v) is 9.41. The van der Waals surface area contributed by atoms with E-state index < -0.39 is 23.8 Å². The van der Waals surface area contributed by atoms with E-state index in [9.17, 15) is 16.8 Å². The van der Waals surface area contributed by atoms with Crippen LogP contribution in [0.15, 0.2) is 30.3 Å². The summed E-state index contributed by atoms with van der Waals surface area (Å²) in [6.45, 7) is 4.27. The number of rotatable bonds is 6. The lowest BCUT2D eigenvalue weighted by molar-refractivity contribution is 0.546. The maximum atomic E-state index is 12.3. The Kier molecular flexibility index (Phi) is 4.79. The molecule has 6 heteroatoms. The standard InChI is InChI=1S/C13H20O4S2/c1-4-18(14,15)13(3,19(16,17)5-2)11-12-9-7-6-8-10-12/h6-10H,4-5,11H2,1-3H3. The second-order valence-electron chi connectivity index (χ2n) is 4.60. The second-order valence-corrected chi connectivity index (χ2v) is 10.3. The van der Waals surface area contributed by atoms with Gasteiger partial charge in [0.05, 0.1) is 0 Å². The second kappa shape index (κ2) is 5.63. The average molecular weight is 304 g/mol. The van der Waals surface area contributed by atoms with E-state index in [1.54, 1.807) is 24.3 Å². The van der Waals surface area contributed by atoms with Crippen molar-refractivity contribution in [3.8, 4) is 0 Å². The Morgan fingerprint density at radius 3 is 1.68 bits per heavy atom. The van der Waals surface area contributed by atoms with Crippen molar-refractivity contribution in [1.29, 1.82) is 0 Å². The fourth-order valence-electron chi connectivity index (χ4n) is 1.99. The molecule has 1 rings (SSSR count). The van der Waals surface area contributed by atoms with Crippen LogP contribution in [0, 0.1) is 0 Å². The Morgan fingerprint density at radius 1 is 0.895 bits per heavy atom. The number of benzene rings is 1. The first-order valence-corrected chi connectivity index (χ1v) is 9.49. The van der Waals surface area contributed by atoms with Gasteiger partial charge in [-0.3, -0.25) is 0 Å². The van der Waals surface area contributed by atoms with Crippen LogP contribution >= 0.6 is 0 Å². The smallest absolute Gasteiger partial charge is 0.174 e. The van der Waals surface area contributed by atoms with Crippen molar-refractivity contribution >= 4 is 19.7 Å². The van der Waals surface area contributed by atoms with Crippen LogP contribution in [0.1, 0.15) is 26.3 Å². The first kappa shape index (κ1) is 16.2. The monoisotopic (exact) mass is 304 g/mol. The van der Waals surface area contributed by atoms with E-state index in [0.717, 1.165) is 0 Å². The molecule has 0 aliphatic heterocycles. The molecular weight excluding hydrogens is 284 g/mol. The SMILES string of the molecule is CCS(=O)(=O)C(C)(Cc1ccccc1)S(=O)(=O)CC. The maximum absolute atomic E-state index is 12.3. The summed E-state index contributed by atoms with van der Waals surface area (Å²) in [6.07, 6.45) is -0.0137. The Hall–Kier alpha value is -0.880. The normalized spacial score (nSPS) is 13.4. The van der Waals surface area contributed by atoms with Gasteiger partial charge in [0.2, 0.25) is 0 Å². The number of hydrogen-bond acceptors (Lipinski definition) is 4. The van der Waals surface area contributed by atoms with Gasteiger partial charge >= 0.3 is 0 Å². The molecule has 0 bridgehead atoms. The van der Waals surface area contributed by atoms with Crippen LogP contribution in [0.5, 0.6) is 0 Å². The highest BCUT2D eigenvalue weighted by atomic mass is 32.3. The van der Waals surface area contributed by atoms with Crippen molar-refractivity contribution < 1.29 is 16.8 Å². The molecule has 0 heterocycles. The van der Waals surface area contributed by atoms with Gasteiger partial charge < -0.3 is 0 Å². The van der Waals surface area contributed by atoms with E-state index >= 15 is 0 Å². The van der Waals surface area contributed by atoms with Crippen LogP contribution in [0.2, 0.25) is 0 Å². The minimum absolute atomic E-state index is 0.0137. The summed E-state index contributed by atoms with van der Waals surface area (Å²) in [6, 6.07) is 8.84. The number of hydrogen-bond donors (Lipinski definition) is 0. The van der Waals surface area contributed by atoms with Gasteiger partial charge in [-0.15, -0.1) is 0 Å². The minimum Gasteiger partial charge on any atom is -0.227 e. The van der Waals surface area contributed by atoms with E-state index in [2.05, 4.69) is 0 Å². The van der Waals surface area contributed by atoms with E-state index in [0.29, 0.717) is 5.56 Å². The van der Waals surface area contributed by atoms with Crippen LogP contribution in [-0.2, 0) is 26.1 Å². The fraction of sp³-hybridized carbons (Fsp3) is 0.538. The summed E-state index contributed by atoms with van der Waals surface area (Å²) in [4.78, 5) is 0. The van der Waals surface area contributed by atoms with Crippen molar-refractivity contribution in [2.75, 3.05) is 11.5 Å². The summed E-state index contributed by atoms with van der Waals surface area (Å²) in [7, 11) is -7.43. The molecule has 4 nitrogen and oxygen atoms in total. The molecule has 0 saturated heterocycles. The van der Waals surface area contributed by atoms with Gasteiger partial charge in [-0.05, 0) is 12.5 Å². The molecule has 0 aliphatic carbocycles. The Balaban J connectivity index is 3.38. The molecule has 0 amide bonds. The summed E-state index contributed by atoms with van der Waals surface area (Å²) < 4.78 is 47.2. The summed E-state index contributed by atoms with van der Waals surface area (Å²) >= 11 is 0. The highest BCUT2D eigenvalue weighted by Crippen LogP contribution is 2.30. The van der Waals surface area contributed by atoms with Gasteiger partial charge in [-0.1, -0.05) is 44.2 Å². The highest BCUT2D eigenvalue weighted by Gasteiger charge is 2.48. The summed E-state index contributed by atoms with van der Waals surface area (Å²) in [5.74, 6) is -0.370. The van der Waals surface area contributed by atoms with E-state index in [1.807, 2.05) is 6.07 Å². The molecule has 0 unspecified atom stereocenters. The van der Waals surface area contributed by atoms with Crippen molar-refractivity contribution in [3.63, 3.8) is 0 Å². The minimum atomic E-state index is -3.72. The van der Waals surface area contributed by atoms with Gasteiger partial charge in [0.1, 0.15) is 0 Å². The summed E-state index contributed by atoms with van der Waals surface area (Å²) in [5.41, 5.74) is 0.707. The van der Waals surface area contributed by atoms with Crippen LogP contribution in [0.3, 0.4) is 0 Å². The van der Waals surface area contributed by atoms with E-state index in [4.69, 9.17) is 0 Å². The molecule has 0 radical (unpaired) electrons. The molecule has 19 heavy (non-hydrogen) atoms. The molecule has 0 aromatic heterocycles. The lowest BCUT2D eigenvalue weighted by Gasteiger charge is -2.28. The summed E-state index contributed by atoms with van der Waals surface area (Å²) in [5, 5.41) is 0. The van der Waals surface area contributed by atoms with Crippen molar-refractivity contribution in [2.24, 2.45) is 0 Å². The highest BCUT2D eigenvalue weighted by molar-refractivity contribution is 8.10. The quantitative estimate of drug-likeness (QED) is 0.804. The molecule has 0 atom stereocenters. The molecule has 0 N–H and O–H groups in total. The first-order chi connectivity index (χ1) is 8.70. The van der Waals surface area contributed by atoms with Gasteiger partial charge in [-0.2, -0.15) is 0 Å². The largest absolute Gasteiger partial charge is 0.227 e. The van der Waals surface area contributed by atoms with Crippen molar-refractivity contribution in [1.82, 2.24) is 0 Å². The van der Waals surface area contributed by atoms with Crippen LogP contribution in [0.25, 0.3) is 0 Å². The zero-order valence-electron chi connectivity index (χ0n) is 11.5. The van der Waals surface area contributed by atoms with E-state index in [1.165, 1.54) is 20.8 Å².